The summed E-state index contributed by atoms with van der Waals surface area (Å²) in [4.78, 5) is 23.3. The van der Waals surface area contributed by atoms with Crippen LogP contribution in [0.15, 0.2) is 18.2 Å². The SMILES string of the molecule is COc1cccc2c1c(C1CC1)c(C(N)=O)n2C(C)C=O. The minimum absolute atomic E-state index is 0.325. The molecule has 0 bridgehead atoms. The Morgan fingerprint density at radius 3 is 2.71 bits per heavy atom. The van der Waals surface area contributed by atoms with E-state index in [1.165, 1.54) is 0 Å². The van der Waals surface area contributed by atoms with Crippen molar-refractivity contribution in [3.63, 3.8) is 0 Å². The van der Waals surface area contributed by atoms with Gasteiger partial charge < -0.3 is 19.8 Å². The van der Waals surface area contributed by atoms with Gasteiger partial charge in [0.2, 0.25) is 0 Å². The van der Waals surface area contributed by atoms with Gasteiger partial charge in [-0.3, -0.25) is 4.79 Å². The number of hydrogen-bond donors (Lipinski definition) is 1. The molecule has 5 nitrogen and oxygen atoms in total. The number of ether oxygens (including phenoxy) is 1. The van der Waals surface area contributed by atoms with Crippen molar-refractivity contribution in [3.05, 3.63) is 29.5 Å². The molecular formula is C16H18N2O3. The summed E-state index contributed by atoms with van der Waals surface area (Å²) in [5.74, 6) is 0.545. The van der Waals surface area contributed by atoms with E-state index < -0.39 is 11.9 Å². The predicted octanol–water partition coefficient (Wildman–Crippen LogP) is 2.39. The number of nitrogens with two attached hydrogens (primary N) is 1. The Morgan fingerprint density at radius 2 is 2.19 bits per heavy atom. The highest BCUT2D eigenvalue weighted by Gasteiger charge is 2.35. The molecule has 1 saturated carbocycles. The summed E-state index contributed by atoms with van der Waals surface area (Å²) < 4.78 is 7.19. The van der Waals surface area contributed by atoms with Crippen LogP contribution in [0.4, 0.5) is 0 Å². The van der Waals surface area contributed by atoms with Crippen LogP contribution in [-0.2, 0) is 4.79 Å². The maximum absolute atomic E-state index is 12.0. The molecule has 5 heteroatoms. The molecule has 0 aliphatic heterocycles. The summed E-state index contributed by atoms with van der Waals surface area (Å²) in [7, 11) is 1.61. The van der Waals surface area contributed by atoms with Gasteiger partial charge in [0.05, 0.1) is 18.7 Å². The average molecular weight is 286 g/mol. The summed E-state index contributed by atoms with van der Waals surface area (Å²) in [5, 5.41) is 0.907. The lowest BCUT2D eigenvalue weighted by Gasteiger charge is -2.12. The molecule has 2 aromatic rings. The first-order chi connectivity index (χ1) is 10.1. The fourth-order valence-electron chi connectivity index (χ4n) is 3.03. The van der Waals surface area contributed by atoms with Gasteiger partial charge in [-0.25, -0.2) is 0 Å². The van der Waals surface area contributed by atoms with Crippen molar-refractivity contribution in [2.24, 2.45) is 5.73 Å². The van der Waals surface area contributed by atoms with Crippen LogP contribution in [-0.4, -0.2) is 23.9 Å². The van der Waals surface area contributed by atoms with Crippen molar-refractivity contribution < 1.29 is 14.3 Å². The molecule has 21 heavy (non-hydrogen) atoms. The number of primary amides is 1. The van der Waals surface area contributed by atoms with Gasteiger partial charge in [-0.05, 0) is 43.4 Å². The third-order valence-corrected chi connectivity index (χ3v) is 4.07. The molecule has 2 N–H and O–H groups in total. The second kappa shape index (κ2) is 4.91. The van der Waals surface area contributed by atoms with Crippen LogP contribution in [0, 0.1) is 0 Å². The number of aromatic nitrogens is 1. The average Bonchev–Trinajstić information content (AvgIpc) is 3.26. The highest BCUT2D eigenvalue weighted by Crippen LogP contribution is 2.48. The Morgan fingerprint density at radius 1 is 1.48 bits per heavy atom. The normalized spacial score (nSPS) is 15.9. The molecule has 110 valence electrons. The minimum Gasteiger partial charge on any atom is -0.496 e. The standard InChI is InChI=1S/C16H18N2O3/c1-9(8-19)18-11-4-3-5-12(21-2)14(11)13(10-6-7-10)15(18)16(17)20/h3-5,8-10H,6-7H2,1-2H3,(H2,17,20). The number of amides is 1. The Balaban J connectivity index is 2.46. The monoisotopic (exact) mass is 286 g/mol. The predicted molar refractivity (Wildman–Crippen MR) is 79.8 cm³/mol. The van der Waals surface area contributed by atoms with Crippen LogP contribution < -0.4 is 10.5 Å². The van der Waals surface area contributed by atoms with Gasteiger partial charge in [0.1, 0.15) is 17.7 Å². The molecule has 1 atom stereocenters. The zero-order chi connectivity index (χ0) is 15.1. The lowest BCUT2D eigenvalue weighted by molar-refractivity contribution is -0.110. The fraction of sp³-hybridized carbons (Fsp3) is 0.375. The van der Waals surface area contributed by atoms with Gasteiger partial charge in [-0.1, -0.05) is 6.07 Å². The first-order valence-corrected chi connectivity index (χ1v) is 7.06. The smallest absolute Gasteiger partial charge is 0.265 e. The van der Waals surface area contributed by atoms with Gasteiger partial charge in [-0.2, -0.15) is 0 Å². The molecule has 1 aliphatic rings. The Hall–Kier alpha value is -2.30. The maximum atomic E-state index is 12.0. The van der Waals surface area contributed by atoms with Crippen molar-refractivity contribution in [1.82, 2.24) is 4.57 Å². The number of hydrogen-bond acceptors (Lipinski definition) is 3. The quantitative estimate of drug-likeness (QED) is 0.857. The second-order valence-corrected chi connectivity index (χ2v) is 5.50. The molecule has 1 aliphatic carbocycles. The lowest BCUT2D eigenvalue weighted by atomic mass is 10.0. The van der Waals surface area contributed by atoms with Crippen LogP contribution in [0.3, 0.4) is 0 Å². The van der Waals surface area contributed by atoms with E-state index in [2.05, 4.69) is 0 Å². The largest absolute Gasteiger partial charge is 0.496 e. The minimum atomic E-state index is -0.496. The van der Waals surface area contributed by atoms with Gasteiger partial charge in [0.15, 0.2) is 0 Å². The molecule has 1 heterocycles. The van der Waals surface area contributed by atoms with Crippen molar-refractivity contribution in [2.75, 3.05) is 7.11 Å². The van der Waals surface area contributed by atoms with E-state index in [1.807, 2.05) is 18.2 Å². The van der Waals surface area contributed by atoms with Crippen LogP contribution in [0.5, 0.6) is 5.75 Å². The summed E-state index contributed by atoms with van der Waals surface area (Å²) in [6.07, 6.45) is 2.89. The Labute approximate surface area is 122 Å². The number of aldehydes is 1. The van der Waals surface area contributed by atoms with Gasteiger partial charge in [-0.15, -0.1) is 0 Å². The van der Waals surface area contributed by atoms with Gasteiger partial charge in [0.25, 0.3) is 5.91 Å². The molecule has 1 aromatic heterocycles. The zero-order valence-electron chi connectivity index (χ0n) is 12.1. The molecule has 1 unspecified atom stereocenters. The van der Waals surface area contributed by atoms with Crippen LogP contribution in [0.2, 0.25) is 0 Å². The number of methoxy groups -OCH3 is 1. The number of fused-ring (bicyclic) bond motifs is 1. The zero-order valence-corrected chi connectivity index (χ0v) is 12.1. The third-order valence-electron chi connectivity index (χ3n) is 4.07. The molecule has 1 fully saturated rings. The first-order valence-electron chi connectivity index (χ1n) is 7.06. The first kappa shape index (κ1) is 13.7. The summed E-state index contributed by atoms with van der Waals surface area (Å²) in [5.41, 5.74) is 7.81. The van der Waals surface area contributed by atoms with Crippen molar-refractivity contribution in [1.29, 1.82) is 0 Å². The van der Waals surface area contributed by atoms with Crippen LogP contribution >= 0.6 is 0 Å². The van der Waals surface area contributed by atoms with E-state index in [4.69, 9.17) is 10.5 Å². The molecule has 0 radical (unpaired) electrons. The highest BCUT2D eigenvalue weighted by molar-refractivity contribution is 6.04. The summed E-state index contributed by atoms with van der Waals surface area (Å²) >= 11 is 0. The van der Waals surface area contributed by atoms with Crippen molar-refractivity contribution in [2.45, 2.75) is 31.7 Å². The number of benzene rings is 1. The summed E-state index contributed by atoms with van der Waals surface area (Å²) in [6.45, 7) is 1.76. The highest BCUT2D eigenvalue weighted by atomic mass is 16.5. The fourth-order valence-corrected chi connectivity index (χ4v) is 3.03. The molecule has 3 rings (SSSR count). The lowest BCUT2D eigenvalue weighted by Crippen LogP contribution is -2.21. The molecule has 0 saturated heterocycles. The molecular weight excluding hydrogens is 268 g/mol. The van der Waals surface area contributed by atoms with Crippen LogP contribution in [0.25, 0.3) is 10.9 Å². The van der Waals surface area contributed by atoms with E-state index in [0.29, 0.717) is 17.4 Å². The second-order valence-electron chi connectivity index (χ2n) is 5.50. The van der Waals surface area contributed by atoms with Crippen molar-refractivity contribution >= 4 is 23.1 Å². The van der Waals surface area contributed by atoms with Crippen molar-refractivity contribution in [3.8, 4) is 5.75 Å². The topological polar surface area (TPSA) is 74.3 Å². The van der Waals surface area contributed by atoms with E-state index in [0.717, 1.165) is 35.6 Å². The van der Waals surface area contributed by atoms with Gasteiger partial charge in [0, 0.05) is 5.39 Å². The van der Waals surface area contributed by atoms with Gasteiger partial charge >= 0.3 is 0 Å². The maximum Gasteiger partial charge on any atom is 0.265 e. The van der Waals surface area contributed by atoms with Crippen LogP contribution in [0.1, 0.15) is 47.8 Å². The summed E-state index contributed by atoms with van der Waals surface area (Å²) in [6, 6.07) is 5.18. The van der Waals surface area contributed by atoms with E-state index >= 15 is 0 Å². The number of nitrogens with zero attached hydrogens (tertiary/aromatic N) is 1. The third kappa shape index (κ3) is 2.00. The molecule has 1 aromatic carbocycles. The Kier molecular flexibility index (Phi) is 3.20. The van der Waals surface area contributed by atoms with E-state index in [-0.39, 0.29) is 0 Å². The number of rotatable bonds is 5. The van der Waals surface area contributed by atoms with E-state index in [9.17, 15) is 9.59 Å². The number of carbonyl (C=O) groups excluding carboxylic acids is 2. The number of carbonyl (C=O) groups is 2. The Bertz CT molecular complexity index is 729. The molecule has 0 spiro atoms. The molecule has 1 amide bonds. The van der Waals surface area contributed by atoms with E-state index in [1.54, 1.807) is 18.6 Å².